The lowest BCUT2D eigenvalue weighted by Crippen LogP contribution is -2.24. The van der Waals surface area contributed by atoms with Crippen LogP contribution in [0.3, 0.4) is 0 Å². The number of ether oxygens (including phenoxy) is 2. The Morgan fingerprint density at radius 1 is 0.578 bits per heavy atom. The van der Waals surface area contributed by atoms with Crippen molar-refractivity contribution in [1.82, 2.24) is 10.6 Å². The fourth-order valence-corrected chi connectivity index (χ4v) is 10.2. The fraction of sp³-hybridized carbons (Fsp3) is 0.818. The highest BCUT2D eigenvalue weighted by atomic mass is 32.2. The van der Waals surface area contributed by atoms with E-state index in [9.17, 15) is 9.59 Å². The van der Waals surface area contributed by atoms with Gasteiger partial charge in [0.2, 0.25) is 12.8 Å². The summed E-state index contributed by atoms with van der Waals surface area (Å²) in [7, 11) is 0. The third-order valence-electron chi connectivity index (χ3n) is 3.67. The number of nitrogens with zero attached hydrogens (tertiary/aromatic N) is 2. The van der Waals surface area contributed by atoms with Gasteiger partial charge in [-0.3, -0.25) is 0 Å². The van der Waals surface area contributed by atoms with Crippen molar-refractivity contribution in [3.63, 3.8) is 0 Å². The van der Waals surface area contributed by atoms with E-state index in [2.05, 4.69) is 20.6 Å². The minimum absolute atomic E-state index is 0.00458. The highest BCUT2D eigenvalue weighted by molar-refractivity contribution is 8.23. The zero-order chi connectivity index (χ0) is 32.7. The van der Waals surface area contributed by atoms with E-state index < -0.39 is 12.2 Å². The van der Waals surface area contributed by atoms with Crippen molar-refractivity contribution in [2.24, 2.45) is 9.98 Å². The smallest absolute Gasteiger partial charge is 0.408 e. The number of nitrogens with one attached hydrogen (secondary N) is 2. The molecule has 0 aliphatic rings. The molecule has 0 spiro atoms. The monoisotopic (exact) mass is 810 g/mol. The topological polar surface area (TPSA) is 179 Å². The maximum atomic E-state index is 11.7. The summed E-state index contributed by atoms with van der Waals surface area (Å²) in [4.78, 5) is 50.5. The largest absolute Gasteiger partial charge is 0.449 e. The minimum atomic E-state index is -0.467. The molecule has 0 aliphatic heterocycles. The van der Waals surface area contributed by atoms with Gasteiger partial charge in [-0.1, -0.05) is 0 Å². The number of alkyl carbamates (subject to hydrolysis) is 2. The first-order valence-corrected chi connectivity index (χ1v) is 23.4. The number of hydrogen-bond donors (Lipinski definition) is 4. The van der Waals surface area contributed by atoms with Crippen LogP contribution in [-0.4, -0.2) is 128 Å². The van der Waals surface area contributed by atoms with Crippen LogP contribution in [0.1, 0.15) is 12.8 Å². The number of hydrogen-bond acceptors (Lipinski definition) is 21. The van der Waals surface area contributed by atoms with Gasteiger partial charge in [-0.05, 0) is 6.42 Å². The Kier molecular flexibility index (Phi) is 41.1. The molecule has 264 valence electrons. The van der Waals surface area contributed by atoms with Crippen molar-refractivity contribution >= 4 is 131 Å². The first-order valence-electron chi connectivity index (χ1n) is 13.0. The van der Waals surface area contributed by atoms with E-state index in [1.54, 1.807) is 94.1 Å². The molecule has 0 aromatic carbocycles. The lowest BCUT2D eigenvalue weighted by molar-refractivity contribution is -0.217. The van der Waals surface area contributed by atoms with Crippen LogP contribution in [0.15, 0.2) is 9.98 Å². The van der Waals surface area contributed by atoms with Gasteiger partial charge >= 0.3 is 12.2 Å². The number of carbonyl (C=O) groups excluding carboxylic acids is 2. The molecule has 0 saturated carbocycles. The van der Waals surface area contributed by atoms with Crippen LogP contribution in [0.5, 0.6) is 0 Å². The van der Waals surface area contributed by atoms with Gasteiger partial charge in [-0.25, -0.2) is 19.6 Å². The van der Waals surface area contributed by atoms with Gasteiger partial charge in [0.25, 0.3) is 0 Å². The Hall–Kier alpha value is 0.470. The predicted octanol–water partition coefficient (Wildman–Crippen LogP) is 5.25. The maximum Gasteiger partial charge on any atom is 0.408 e. The highest BCUT2D eigenvalue weighted by Gasteiger charge is 2.02. The normalized spacial score (nSPS) is 11.2. The number of thioether (sulfide) groups is 9. The summed E-state index contributed by atoms with van der Waals surface area (Å²) in [6, 6.07) is 0. The molecule has 23 heteroatoms. The third-order valence-corrected chi connectivity index (χ3v) is 13.6. The summed E-state index contributed by atoms with van der Waals surface area (Å²) in [6.45, 7) is 0.615. The van der Waals surface area contributed by atoms with Crippen LogP contribution in [-0.2, 0) is 29.0 Å². The molecule has 0 aromatic heterocycles. The van der Waals surface area contributed by atoms with Crippen LogP contribution in [0.4, 0.5) is 9.59 Å². The Balaban J connectivity index is 3.25. The van der Waals surface area contributed by atoms with Crippen LogP contribution in [0.25, 0.3) is 0 Å². The predicted molar refractivity (Wildman–Crippen MR) is 200 cm³/mol. The van der Waals surface area contributed by atoms with Gasteiger partial charge in [0, 0.05) is 50.1 Å². The van der Waals surface area contributed by atoms with E-state index in [4.69, 9.17) is 39.2 Å². The summed E-state index contributed by atoms with van der Waals surface area (Å²) >= 11 is 14.7. The Bertz CT molecular complexity index is 728. The fourth-order valence-electron chi connectivity index (χ4n) is 1.85. The van der Waals surface area contributed by atoms with Gasteiger partial charge in [0.05, 0.1) is 36.7 Å². The second kappa shape index (κ2) is 40.6. The summed E-state index contributed by atoms with van der Waals surface area (Å²) in [6.07, 6.45) is 2.61. The molecule has 0 rings (SSSR count). The summed E-state index contributed by atoms with van der Waals surface area (Å²) in [5, 5.41) is 27.6. The first-order chi connectivity index (χ1) is 22.2. The van der Waals surface area contributed by atoms with Crippen LogP contribution < -0.4 is 10.6 Å². The number of rotatable bonds is 34. The Labute approximate surface area is 303 Å². The number of amides is 2. The number of carbonyl (C=O) groups is 2. The molecule has 0 atom stereocenters. The molecule has 45 heavy (non-hydrogen) atoms. The number of aliphatic hydroxyl groups excluding tert-OH is 2. The molecule has 14 nitrogen and oxygen atoms in total. The van der Waals surface area contributed by atoms with Crippen molar-refractivity contribution in [1.29, 1.82) is 0 Å². The van der Waals surface area contributed by atoms with Crippen molar-refractivity contribution in [3.05, 3.63) is 0 Å². The van der Waals surface area contributed by atoms with E-state index in [0.29, 0.717) is 54.8 Å². The molecule has 4 N–H and O–H groups in total. The van der Waals surface area contributed by atoms with Gasteiger partial charge < -0.3 is 40.1 Å². The van der Waals surface area contributed by atoms with E-state index >= 15 is 0 Å². The molecule has 2 amide bonds. The van der Waals surface area contributed by atoms with Crippen molar-refractivity contribution < 1.29 is 48.8 Å². The Morgan fingerprint density at radius 2 is 1.07 bits per heavy atom. The average Bonchev–Trinajstić information content (AvgIpc) is 3.04. The minimum Gasteiger partial charge on any atom is -0.449 e. The zero-order valence-corrected chi connectivity index (χ0v) is 32.0. The molecule has 0 heterocycles. The number of aliphatic hydroxyl groups is 2. The first kappa shape index (κ1) is 45.5. The molecular weight excluding hydrogens is 769 g/mol. The molecule has 0 bridgehead atoms. The van der Waals surface area contributed by atoms with Crippen molar-refractivity contribution in [3.8, 4) is 0 Å². The average molecular weight is 811 g/mol. The van der Waals surface area contributed by atoms with Crippen molar-refractivity contribution in [2.45, 2.75) is 12.8 Å². The molecule has 0 aromatic rings. The summed E-state index contributed by atoms with van der Waals surface area (Å²) in [5.41, 5.74) is 0. The van der Waals surface area contributed by atoms with E-state index in [0.717, 1.165) is 30.5 Å². The molecule has 0 unspecified atom stereocenters. The second-order valence-electron chi connectivity index (χ2n) is 7.11. The molecule has 0 radical (unpaired) electrons. The standard InChI is InChI=1S/C22H42N4O10S9/c27-3-1-5-31-21(29)25-11-39-17-43-16-38-10-24-8-35-36-14-42-20-45-19-41-13-32-22(30)26-12-40-18-44-15-37-9-23-7-34-33-6-2-4-28/h7-8,27-28H,1-6,9-20H2,(H,25,29)(H,26,30)/b23-7-,24-8+. The summed E-state index contributed by atoms with van der Waals surface area (Å²) < 4.78 is 9.99. The lowest BCUT2D eigenvalue weighted by Gasteiger charge is -2.06. The highest BCUT2D eigenvalue weighted by Crippen LogP contribution is 2.19. The molecule has 0 aliphatic carbocycles. The van der Waals surface area contributed by atoms with Crippen LogP contribution >= 0.6 is 106 Å². The van der Waals surface area contributed by atoms with Gasteiger partial charge in [0.15, 0.2) is 0 Å². The number of aliphatic imine (C=N–C) groups is 2. The van der Waals surface area contributed by atoms with E-state index in [1.165, 1.54) is 24.6 Å². The van der Waals surface area contributed by atoms with E-state index in [-0.39, 0.29) is 19.8 Å². The third kappa shape index (κ3) is 40.6. The summed E-state index contributed by atoms with van der Waals surface area (Å²) in [5.74, 6) is 2.77. The van der Waals surface area contributed by atoms with Crippen LogP contribution in [0.2, 0.25) is 0 Å². The second-order valence-corrected chi connectivity index (χ2v) is 18.0. The maximum absolute atomic E-state index is 11.7. The quantitative estimate of drug-likeness (QED) is 0.0165. The van der Waals surface area contributed by atoms with Gasteiger partial charge in [0.1, 0.15) is 11.9 Å². The molecule has 0 saturated heterocycles. The molecule has 0 fully saturated rings. The Morgan fingerprint density at radius 3 is 1.67 bits per heavy atom. The lowest BCUT2D eigenvalue weighted by atomic mass is 10.5. The van der Waals surface area contributed by atoms with Gasteiger partial charge in [-0.15, -0.1) is 106 Å². The zero-order valence-electron chi connectivity index (χ0n) is 24.6. The van der Waals surface area contributed by atoms with Gasteiger partial charge in [-0.2, -0.15) is 9.78 Å². The van der Waals surface area contributed by atoms with Crippen LogP contribution in [0, 0.1) is 0 Å². The van der Waals surface area contributed by atoms with E-state index in [1.807, 2.05) is 0 Å². The van der Waals surface area contributed by atoms with Crippen molar-refractivity contribution in [2.75, 3.05) is 92.3 Å². The SMILES string of the molecule is O=C(NCSCSCSC/N=C/OOCSCSCSCOC(=O)NCSCSCSC/N=C\OOCCCO)OCCCO. The molecular formula is C22H42N4O10S9.